The van der Waals surface area contributed by atoms with Crippen molar-refractivity contribution in [3.05, 3.63) is 53.4 Å². The van der Waals surface area contributed by atoms with Crippen molar-refractivity contribution >= 4 is 38.0 Å². The van der Waals surface area contributed by atoms with E-state index in [0.29, 0.717) is 0 Å². The number of carbonyl (C=O) groups excluding carboxylic acids is 1. The number of benzene rings is 1. The van der Waals surface area contributed by atoms with E-state index in [-0.39, 0.29) is 0 Å². The number of thiophene rings is 1. The van der Waals surface area contributed by atoms with Crippen LogP contribution in [0.1, 0.15) is 5.56 Å². The first kappa shape index (κ1) is 11.3. The average molecular weight is 293 g/mol. The van der Waals surface area contributed by atoms with E-state index in [2.05, 4.69) is 39.5 Å². The Hall–Kier alpha value is -1.19. The first-order valence-electron chi connectivity index (χ1n) is 4.76. The molecule has 0 bridgehead atoms. The average Bonchev–Trinajstić information content (AvgIpc) is 2.83. The molecule has 0 unspecified atom stereocenters. The Morgan fingerprint density at radius 1 is 1.19 bits per heavy atom. The zero-order chi connectivity index (χ0) is 11.4. The zero-order valence-corrected chi connectivity index (χ0v) is 10.8. The second-order valence-corrected chi connectivity index (χ2v) is 5.01. The van der Waals surface area contributed by atoms with Gasteiger partial charge in [-0.05, 0) is 28.6 Å². The number of aldehydes is 1. The molecule has 0 aliphatic carbocycles. The van der Waals surface area contributed by atoms with Crippen LogP contribution in [0.15, 0.2) is 47.9 Å². The second-order valence-electron chi connectivity index (χ2n) is 3.21. The van der Waals surface area contributed by atoms with E-state index in [1.165, 1.54) is 16.5 Å². The van der Waals surface area contributed by atoms with E-state index in [9.17, 15) is 4.79 Å². The van der Waals surface area contributed by atoms with E-state index in [1.807, 2.05) is 18.2 Å². The highest BCUT2D eigenvalue weighted by Gasteiger charge is 2.00. The van der Waals surface area contributed by atoms with Crippen LogP contribution in [0.5, 0.6) is 0 Å². The Kier molecular flexibility index (Phi) is 3.70. The van der Waals surface area contributed by atoms with Gasteiger partial charge < -0.3 is 0 Å². The fourth-order valence-corrected chi connectivity index (χ4v) is 2.50. The van der Waals surface area contributed by atoms with Gasteiger partial charge in [0.05, 0.1) is 0 Å². The van der Waals surface area contributed by atoms with E-state index >= 15 is 0 Å². The van der Waals surface area contributed by atoms with E-state index in [1.54, 1.807) is 11.3 Å². The standard InChI is InChI=1S/C13H9BrOS/c14-12(7-8-15)10-3-5-11(6-4-10)13-2-1-9-16-13/h1-9H. The molecule has 0 atom stereocenters. The van der Waals surface area contributed by atoms with Crippen molar-refractivity contribution < 1.29 is 4.79 Å². The summed E-state index contributed by atoms with van der Waals surface area (Å²) in [7, 11) is 0. The summed E-state index contributed by atoms with van der Waals surface area (Å²) in [5.74, 6) is 0. The summed E-state index contributed by atoms with van der Waals surface area (Å²) < 4.78 is 0.806. The summed E-state index contributed by atoms with van der Waals surface area (Å²) >= 11 is 5.07. The van der Waals surface area contributed by atoms with E-state index in [0.717, 1.165) is 16.3 Å². The van der Waals surface area contributed by atoms with Crippen LogP contribution in [-0.2, 0) is 4.79 Å². The van der Waals surface area contributed by atoms with Crippen molar-refractivity contribution in [2.45, 2.75) is 0 Å². The highest BCUT2D eigenvalue weighted by Crippen LogP contribution is 2.27. The third-order valence-electron chi connectivity index (χ3n) is 2.18. The molecule has 80 valence electrons. The predicted octanol–water partition coefficient (Wildman–Crippen LogP) is 4.35. The van der Waals surface area contributed by atoms with Crippen LogP contribution < -0.4 is 0 Å². The minimum Gasteiger partial charge on any atom is -0.299 e. The molecular formula is C13H9BrOS. The maximum absolute atomic E-state index is 10.3. The SMILES string of the molecule is O=CC=C(Br)c1ccc(-c2cccs2)cc1. The fourth-order valence-electron chi connectivity index (χ4n) is 1.39. The van der Waals surface area contributed by atoms with Gasteiger partial charge in [-0.25, -0.2) is 0 Å². The Morgan fingerprint density at radius 2 is 1.94 bits per heavy atom. The van der Waals surface area contributed by atoms with Gasteiger partial charge in [0.2, 0.25) is 0 Å². The Labute approximate surface area is 107 Å². The lowest BCUT2D eigenvalue weighted by Crippen LogP contribution is -1.78. The molecule has 0 amide bonds. The molecule has 1 heterocycles. The van der Waals surface area contributed by atoms with Crippen LogP contribution in [0.2, 0.25) is 0 Å². The van der Waals surface area contributed by atoms with Crippen molar-refractivity contribution in [3.8, 4) is 10.4 Å². The second kappa shape index (κ2) is 5.23. The van der Waals surface area contributed by atoms with Crippen LogP contribution in [0, 0.1) is 0 Å². The molecule has 2 rings (SSSR count). The number of carbonyl (C=O) groups is 1. The molecule has 0 spiro atoms. The highest BCUT2D eigenvalue weighted by molar-refractivity contribution is 9.15. The minimum atomic E-state index is 0.775. The summed E-state index contributed by atoms with van der Waals surface area (Å²) in [6.45, 7) is 0. The maximum atomic E-state index is 10.3. The number of allylic oxidation sites excluding steroid dienone is 1. The van der Waals surface area contributed by atoms with Gasteiger partial charge in [-0.2, -0.15) is 0 Å². The number of hydrogen-bond acceptors (Lipinski definition) is 2. The third kappa shape index (κ3) is 2.49. The lowest BCUT2D eigenvalue weighted by Gasteiger charge is -2.01. The third-order valence-corrected chi connectivity index (χ3v) is 3.82. The van der Waals surface area contributed by atoms with Crippen LogP contribution in [0.4, 0.5) is 0 Å². The van der Waals surface area contributed by atoms with Crippen molar-refractivity contribution in [1.82, 2.24) is 0 Å². The normalized spacial score (nSPS) is 11.4. The molecule has 0 radical (unpaired) electrons. The van der Waals surface area contributed by atoms with Gasteiger partial charge in [-0.1, -0.05) is 46.3 Å². The monoisotopic (exact) mass is 292 g/mol. The Morgan fingerprint density at radius 3 is 2.50 bits per heavy atom. The molecule has 3 heteroatoms. The van der Waals surface area contributed by atoms with Crippen molar-refractivity contribution in [2.75, 3.05) is 0 Å². The van der Waals surface area contributed by atoms with Crippen molar-refractivity contribution in [1.29, 1.82) is 0 Å². The molecule has 16 heavy (non-hydrogen) atoms. The van der Waals surface area contributed by atoms with Gasteiger partial charge in [0, 0.05) is 9.36 Å². The zero-order valence-electron chi connectivity index (χ0n) is 8.39. The lowest BCUT2D eigenvalue weighted by molar-refractivity contribution is -0.104. The summed E-state index contributed by atoms with van der Waals surface area (Å²) in [6, 6.07) is 12.2. The molecule has 1 nitrogen and oxygen atoms in total. The number of hydrogen-bond donors (Lipinski definition) is 0. The van der Waals surface area contributed by atoms with Crippen LogP contribution in [0.3, 0.4) is 0 Å². The largest absolute Gasteiger partial charge is 0.299 e. The molecule has 0 saturated carbocycles. The molecule has 1 aromatic heterocycles. The number of halogens is 1. The molecular weight excluding hydrogens is 284 g/mol. The van der Waals surface area contributed by atoms with Gasteiger partial charge in [0.1, 0.15) is 6.29 Å². The van der Waals surface area contributed by atoms with Gasteiger partial charge in [-0.3, -0.25) is 4.79 Å². The molecule has 0 N–H and O–H groups in total. The summed E-state index contributed by atoms with van der Waals surface area (Å²) in [5, 5.41) is 2.06. The molecule has 0 aliphatic heterocycles. The minimum absolute atomic E-state index is 0.775. The molecule has 1 aromatic carbocycles. The predicted molar refractivity (Wildman–Crippen MR) is 72.7 cm³/mol. The van der Waals surface area contributed by atoms with E-state index in [4.69, 9.17) is 0 Å². The first-order valence-corrected chi connectivity index (χ1v) is 6.44. The van der Waals surface area contributed by atoms with Crippen molar-refractivity contribution in [2.24, 2.45) is 0 Å². The first-order chi connectivity index (χ1) is 7.81. The summed E-state index contributed by atoms with van der Waals surface area (Å²) in [4.78, 5) is 11.6. The van der Waals surface area contributed by atoms with Gasteiger partial charge in [0.25, 0.3) is 0 Å². The highest BCUT2D eigenvalue weighted by atomic mass is 79.9. The Balaban J connectivity index is 2.30. The lowest BCUT2D eigenvalue weighted by atomic mass is 10.1. The van der Waals surface area contributed by atoms with E-state index < -0.39 is 0 Å². The van der Waals surface area contributed by atoms with Gasteiger partial charge in [-0.15, -0.1) is 11.3 Å². The maximum Gasteiger partial charge on any atom is 0.143 e. The van der Waals surface area contributed by atoms with Crippen LogP contribution in [0.25, 0.3) is 14.9 Å². The molecule has 0 saturated heterocycles. The van der Waals surface area contributed by atoms with Crippen LogP contribution in [-0.4, -0.2) is 6.29 Å². The smallest absolute Gasteiger partial charge is 0.143 e. The number of rotatable bonds is 3. The van der Waals surface area contributed by atoms with Gasteiger partial charge in [0.15, 0.2) is 0 Å². The molecule has 0 fully saturated rings. The molecule has 0 aliphatic rings. The fraction of sp³-hybridized carbons (Fsp3) is 0. The summed E-state index contributed by atoms with van der Waals surface area (Å²) in [5.41, 5.74) is 2.21. The van der Waals surface area contributed by atoms with Crippen LogP contribution >= 0.6 is 27.3 Å². The Bertz CT molecular complexity index is 497. The quantitative estimate of drug-likeness (QED) is 0.607. The summed E-state index contributed by atoms with van der Waals surface area (Å²) in [6.07, 6.45) is 2.28. The van der Waals surface area contributed by atoms with Gasteiger partial charge >= 0.3 is 0 Å². The topological polar surface area (TPSA) is 17.1 Å². The molecule has 2 aromatic rings. The van der Waals surface area contributed by atoms with Crippen molar-refractivity contribution in [3.63, 3.8) is 0 Å².